The third kappa shape index (κ3) is 3.49. The van der Waals surface area contributed by atoms with Gasteiger partial charge in [-0.3, -0.25) is 0 Å². The number of aryl methyl sites for hydroxylation is 1. The van der Waals surface area contributed by atoms with Crippen molar-refractivity contribution in [3.8, 4) is 5.75 Å². The number of anilines is 1. The van der Waals surface area contributed by atoms with Crippen LogP contribution in [0.5, 0.6) is 5.75 Å². The molecule has 0 amide bonds. The third-order valence-electron chi connectivity index (χ3n) is 5.93. The number of benzene rings is 1. The van der Waals surface area contributed by atoms with Crippen LogP contribution in [0.2, 0.25) is 0 Å². The summed E-state index contributed by atoms with van der Waals surface area (Å²) in [5.74, 6) is 0.449. The SMILES string of the molecule is Cc1[nH+]c2ccc(N3CCOCC3)cc2c(O)c1C[NH+]1CC[NH+](C)CC1. The molecular formula is C20H31N4O2+3. The number of hydrogen-bond acceptors (Lipinski definition) is 3. The fourth-order valence-electron chi connectivity index (χ4n) is 4.15. The van der Waals surface area contributed by atoms with Crippen LogP contribution in [0.15, 0.2) is 18.2 Å². The number of aromatic hydroxyl groups is 1. The molecule has 2 aliphatic heterocycles. The lowest BCUT2D eigenvalue weighted by molar-refractivity contribution is -1.01. The summed E-state index contributed by atoms with van der Waals surface area (Å²) in [6.07, 6.45) is 0. The van der Waals surface area contributed by atoms with Crippen LogP contribution in [-0.4, -0.2) is 64.6 Å². The van der Waals surface area contributed by atoms with Crippen LogP contribution in [-0.2, 0) is 11.3 Å². The summed E-state index contributed by atoms with van der Waals surface area (Å²) in [5, 5.41) is 12.0. The summed E-state index contributed by atoms with van der Waals surface area (Å²) >= 11 is 0. The van der Waals surface area contributed by atoms with Crippen molar-refractivity contribution in [2.75, 3.05) is 64.4 Å². The first-order valence-electron chi connectivity index (χ1n) is 9.77. The Morgan fingerprint density at radius 2 is 1.88 bits per heavy atom. The largest absolute Gasteiger partial charge is 0.506 e. The van der Waals surface area contributed by atoms with Gasteiger partial charge in [0.15, 0.2) is 5.69 Å². The molecule has 26 heavy (non-hydrogen) atoms. The van der Waals surface area contributed by atoms with Gasteiger partial charge in [-0.1, -0.05) is 0 Å². The molecule has 140 valence electrons. The van der Waals surface area contributed by atoms with Crippen LogP contribution in [0.3, 0.4) is 0 Å². The van der Waals surface area contributed by atoms with Crippen LogP contribution in [0.25, 0.3) is 10.9 Å². The standard InChI is InChI=1S/C20H28N4O2/c1-15-18(14-23-7-5-22(2)6-8-23)20(25)17-13-16(3-4-19(17)21-15)24-9-11-26-12-10-24/h3-4,13H,5-12,14H2,1-2H3,(H,21,25)/p+3. The Morgan fingerprint density at radius 3 is 2.62 bits per heavy atom. The monoisotopic (exact) mass is 359 g/mol. The van der Waals surface area contributed by atoms with Gasteiger partial charge in [-0.25, -0.2) is 4.98 Å². The average Bonchev–Trinajstić information content (AvgIpc) is 2.67. The van der Waals surface area contributed by atoms with Crippen LogP contribution >= 0.6 is 0 Å². The van der Waals surface area contributed by atoms with Crippen LogP contribution in [0.1, 0.15) is 11.3 Å². The van der Waals surface area contributed by atoms with E-state index in [-0.39, 0.29) is 0 Å². The van der Waals surface area contributed by atoms with E-state index < -0.39 is 0 Å². The number of rotatable bonds is 3. The Hall–Kier alpha value is -1.89. The molecule has 2 fully saturated rings. The highest BCUT2D eigenvalue weighted by Gasteiger charge is 2.26. The molecule has 1 aromatic heterocycles. The maximum Gasteiger partial charge on any atom is 0.214 e. The first-order valence-corrected chi connectivity index (χ1v) is 9.77. The minimum absolute atomic E-state index is 0.449. The van der Waals surface area contributed by atoms with Crippen molar-refractivity contribution in [2.24, 2.45) is 0 Å². The Balaban J connectivity index is 1.64. The normalized spacial score (nSPS) is 24.2. The van der Waals surface area contributed by atoms with Crippen molar-refractivity contribution in [3.63, 3.8) is 0 Å². The van der Waals surface area contributed by atoms with Crippen molar-refractivity contribution in [3.05, 3.63) is 29.5 Å². The summed E-state index contributed by atoms with van der Waals surface area (Å²) in [6, 6.07) is 6.35. The molecule has 0 unspecified atom stereocenters. The van der Waals surface area contributed by atoms with Crippen molar-refractivity contribution >= 4 is 16.6 Å². The van der Waals surface area contributed by atoms with Crippen LogP contribution in [0, 0.1) is 6.92 Å². The molecule has 2 aliphatic rings. The van der Waals surface area contributed by atoms with Gasteiger partial charge in [-0.15, -0.1) is 0 Å². The molecule has 6 heteroatoms. The zero-order valence-electron chi connectivity index (χ0n) is 15.9. The quantitative estimate of drug-likeness (QED) is 0.620. The molecule has 0 radical (unpaired) electrons. The second kappa shape index (κ2) is 7.39. The number of piperazine rings is 1. The molecule has 4 rings (SSSR count). The number of likely N-dealkylation sites (N-methyl/N-ethyl adjacent to an activating group) is 1. The lowest BCUT2D eigenvalue weighted by Gasteiger charge is -2.29. The third-order valence-corrected chi connectivity index (χ3v) is 5.93. The van der Waals surface area contributed by atoms with E-state index in [0.29, 0.717) is 5.75 Å². The summed E-state index contributed by atoms with van der Waals surface area (Å²) < 4.78 is 5.46. The van der Waals surface area contributed by atoms with Gasteiger partial charge in [0.2, 0.25) is 5.52 Å². The fourth-order valence-corrected chi connectivity index (χ4v) is 4.15. The smallest absolute Gasteiger partial charge is 0.214 e. The van der Waals surface area contributed by atoms with Gasteiger partial charge in [0.1, 0.15) is 44.0 Å². The number of H-pyrrole nitrogens is 1. The molecule has 4 N–H and O–H groups in total. The molecule has 0 atom stereocenters. The molecule has 0 bridgehead atoms. The fraction of sp³-hybridized carbons (Fsp3) is 0.550. The Bertz CT molecular complexity index is 781. The first-order chi connectivity index (χ1) is 12.6. The average molecular weight is 359 g/mol. The second-order valence-electron chi connectivity index (χ2n) is 7.79. The van der Waals surface area contributed by atoms with E-state index in [1.807, 2.05) is 0 Å². The maximum absolute atomic E-state index is 11.1. The number of hydrogen-bond donors (Lipinski definition) is 3. The minimum Gasteiger partial charge on any atom is -0.506 e. The molecule has 2 saturated heterocycles. The summed E-state index contributed by atoms with van der Waals surface area (Å²) in [5.41, 5.74) is 4.30. The van der Waals surface area contributed by atoms with Gasteiger partial charge in [0, 0.05) is 31.8 Å². The number of ether oxygens (including phenoxy) is 1. The zero-order chi connectivity index (χ0) is 18.1. The van der Waals surface area contributed by atoms with Crippen molar-refractivity contribution in [1.29, 1.82) is 0 Å². The molecule has 0 saturated carbocycles. The summed E-state index contributed by atoms with van der Waals surface area (Å²) in [7, 11) is 2.26. The van der Waals surface area contributed by atoms with Gasteiger partial charge >= 0.3 is 0 Å². The number of aromatic amines is 1. The predicted octanol–water partition coefficient (Wildman–Crippen LogP) is -1.58. The Labute approximate surface area is 155 Å². The van der Waals surface area contributed by atoms with E-state index in [9.17, 15) is 5.11 Å². The Morgan fingerprint density at radius 1 is 1.15 bits per heavy atom. The highest BCUT2D eigenvalue weighted by Crippen LogP contribution is 2.30. The van der Waals surface area contributed by atoms with Gasteiger partial charge in [0.25, 0.3) is 0 Å². The second-order valence-corrected chi connectivity index (χ2v) is 7.79. The lowest BCUT2D eigenvalue weighted by atomic mass is 10.1. The number of fused-ring (bicyclic) bond motifs is 1. The number of nitrogens with one attached hydrogen (secondary N) is 3. The van der Waals surface area contributed by atoms with Crippen molar-refractivity contribution in [2.45, 2.75) is 13.5 Å². The molecular weight excluding hydrogens is 328 g/mol. The maximum atomic E-state index is 11.1. The van der Waals surface area contributed by atoms with Gasteiger partial charge < -0.3 is 24.5 Å². The molecule has 3 heterocycles. The van der Waals surface area contributed by atoms with E-state index in [1.165, 1.54) is 13.1 Å². The van der Waals surface area contributed by atoms with Gasteiger partial charge in [-0.2, -0.15) is 0 Å². The summed E-state index contributed by atoms with van der Waals surface area (Å²) in [4.78, 5) is 9.00. The van der Waals surface area contributed by atoms with Crippen molar-refractivity contribution in [1.82, 2.24) is 0 Å². The van der Waals surface area contributed by atoms with Crippen LogP contribution < -0.4 is 19.7 Å². The minimum atomic E-state index is 0.449. The zero-order valence-corrected chi connectivity index (χ0v) is 15.9. The lowest BCUT2D eigenvalue weighted by Crippen LogP contribution is -3.26. The highest BCUT2D eigenvalue weighted by molar-refractivity contribution is 5.87. The highest BCUT2D eigenvalue weighted by atomic mass is 16.5. The van der Waals surface area contributed by atoms with E-state index in [4.69, 9.17) is 4.74 Å². The first kappa shape index (κ1) is 17.5. The molecule has 6 nitrogen and oxygen atoms in total. The number of nitrogens with zero attached hydrogens (tertiary/aromatic N) is 1. The van der Waals surface area contributed by atoms with Crippen LogP contribution in [0.4, 0.5) is 5.69 Å². The van der Waals surface area contributed by atoms with E-state index in [1.54, 1.807) is 9.80 Å². The van der Waals surface area contributed by atoms with E-state index >= 15 is 0 Å². The number of quaternary nitrogens is 2. The molecule has 1 aromatic carbocycles. The topological polar surface area (TPSA) is 55.7 Å². The van der Waals surface area contributed by atoms with Gasteiger partial charge in [0.05, 0.1) is 25.6 Å². The predicted molar refractivity (Wildman–Crippen MR) is 101 cm³/mol. The number of aromatic nitrogens is 1. The van der Waals surface area contributed by atoms with E-state index in [0.717, 1.165) is 73.8 Å². The molecule has 2 aromatic rings. The van der Waals surface area contributed by atoms with Gasteiger partial charge in [-0.05, 0) is 12.1 Å². The van der Waals surface area contributed by atoms with Crippen molar-refractivity contribution < 1.29 is 24.6 Å². The van der Waals surface area contributed by atoms with E-state index in [2.05, 4.69) is 42.1 Å². The summed E-state index contributed by atoms with van der Waals surface area (Å²) in [6.45, 7) is 11.0. The molecule has 0 spiro atoms. The Kier molecular flexibility index (Phi) is 4.98. The molecule has 0 aliphatic carbocycles. The number of pyridine rings is 1. The number of morpholine rings is 1.